The van der Waals surface area contributed by atoms with Gasteiger partial charge < -0.3 is 39.4 Å². The Bertz CT molecular complexity index is 540. The fraction of sp³-hybridized carbons (Fsp3) is 0.625. The number of ether oxygens (including phenoxy) is 4. The number of rotatable bonds is 4. The predicted octanol–water partition coefficient (Wildman–Crippen LogP) is -1.08. The first-order valence-corrected chi connectivity index (χ1v) is 7.72. The molecule has 0 amide bonds. The molecule has 2 aliphatic rings. The molecule has 134 valence electrons. The van der Waals surface area contributed by atoms with Gasteiger partial charge >= 0.3 is 0 Å². The Labute approximate surface area is 139 Å². The summed E-state index contributed by atoms with van der Waals surface area (Å²) in [6.45, 7) is -0.690. The molecular formula is C16H22O8. The summed E-state index contributed by atoms with van der Waals surface area (Å²) in [6.07, 6.45) is -7.11. The molecular weight excluding hydrogens is 320 g/mol. The van der Waals surface area contributed by atoms with Gasteiger partial charge in [-0.2, -0.15) is 0 Å². The van der Waals surface area contributed by atoms with E-state index in [4.69, 9.17) is 18.9 Å². The molecule has 24 heavy (non-hydrogen) atoms. The van der Waals surface area contributed by atoms with Crippen molar-refractivity contribution in [3.05, 3.63) is 35.9 Å². The largest absolute Gasteiger partial charge is 0.394 e. The van der Waals surface area contributed by atoms with Crippen molar-refractivity contribution < 1.29 is 39.4 Å². The summed E-state index contributed by atoms with van der Waals surface area (Å²) in [4.78, 5) is 0. The predicted molar refractivity (Wildman–Crippen MR) is 79.7 cm³/mol. The summed E-state index contributed by atoms with van der Waals surface area (Å²) in [7, 11) is 1.30. The van der Waals surface area contributed by atoms with Crippen LogP contribution in [0.25, 0.3) is 0 Å². The highest BCUT2D eigenvalue weighted by Crippen LogP contribution is 2.40. The van der Waals surface area contributed by atoms with Crippen LogP contribution in [0.15, 0.2) is 30.3 Å². The van der Waals surface area contributed by atoms with E-state index in [9.17, 15) is 20.4 Å². The average molecular weight is 342 g/mol. The number of methoxy groups -OCH3 is 1. The molecule has 4 N–H and O–H groups in total. The summed E-state index contributed by atoms with van der Waals surface area (Å²) < 4.78 is 22.0. The quantitative estimate of drug-likeness (QED) is 0.546. The van der Waals surface area contributed by atoms with E-state index in [1.54, 1.807) is 12.1 Å². The molecule has 8 heteroatoms. The van der Waals surface area contributed by atoms with Crippen LogP contribution in [0.2, 0.25) is 0 Å². The van der Waals surface area contributed by atoms with Crippen LogP contribution in [0.1, 0.15) is 11.9 Å². The van der Waals surface area contributed by atoms with Crippen LogP contribution in [0.3, 0.4) is 0 Å². The maximum atomic E-state index is 11.0. The van der Waals surface area contributed by atoms with Crippen molar-refractivity contribution in [2.45, 2.75) is 42.6 Å². The van der Waals surface area contributed by atoms with Gasteiger partial charge in [0, 0.05) is 12.7 Å². The second-order valence-corrected chi connectivity index (χ2v) is 5.94. The molecule has 2 aliphatic heterocycles. The van der Waals surface area contributed by atoms with E-state index in [1.165, 1.54) is 7.11 Å². The molecule has 0 aliphatic carbocycles. The van der Waals surface area contributed by atoms with Gasteiger partial charge in [0.25, 0.3) is 0 Å². The van der Waals surface area contributed by atoms with Gasteiger partial charge in [0.2, 0.25) is 0 Å². The second-order valence-electron chi connectivity index (χ2n) is 5.94. The topological polar surface area (TPSA) is 118 Å². The molecule has 0 radical (unpaired) electrons. The van der Waals surface area contributed by atoms with E-state index in [0.29, 0.717) is 0 Å². The molecule has 0 aromatic heterocycles. The minimum atomic E-state index is -2.17. The lowest BCUT2D eigenvalue weighted by atomic mass is 9.79. The zero-order valence-corrected chi connectivity index (χ0v) is 13.2. The number of fused-ring (bicyclic) bond motifs is 1. The van der Waals surface area contributed by atoms with Crippen LogP contribution >= 0.6 is 0 Å². The Kier molecular flexibility index (Phi) is 5.19. The zero-order valence-electron chi connectivity index (χ0n) is 13.2. The van der Waals surface area contributed by atoms with Gasteiger partial charge in [0.05, 0.1) is 13.2 Å². The van der Waals surface area contributed by atoms with E-state index in [-0.39, 0.29) is 6.61 Å². The maximum absolute atomic E-state index is 11.0. The number of hydrogen-bond acceptors (Lipinski definition) is 8. The molecule has 8 nitrogen and oxygen atoms in total. The number of aliphatic hydroxyl groups is 4. The monoisotopic (exact) mass is 342 g/mol. The van der Waals surface area contributed by atoms with Gasteiger partial charge in [0.15, 0.2) is 18.2 Å². The Morgan fingerprint density at radius 3 is 2.62 bits per heavy atom. The number of hydrogen-bond donors (Lipinski definition) is 4. The van der Waals surface area contributed by atoms with Gasteiger partial charge in [-0.3, -0.25) is 0 Å². The third kappa shape index (κ3) is 2.85. The average Bonchev–Trinajstić information content (AvgIpc) is 2.64. The molecule has 1 aromatic carbocycles. The van der Waals surface area contributed by atoms with Gasteiger partial charge in [-0.05, 0) is 0 Å². The summed E-state index contributed by atoms with van der Waals surface area (Å²) >= 11 is 0. The fourth-order valence-electron chi connectivity index (χ4n) is 3.18. The molecule has 7 atom stereocenters. The molecule has 3 rings (SSSR count). The molecule has 0 saturated carbocycles. The van der Waals surface area contributed by atoms with Crippen molar-refractivity contribution in [1.29, 1.82) is 0 Å². The highest BCUT2D eigenvalue weighted by Gasteiger charge is 2.62. The van der Waals surface area contributed by atoms with Crippen molar-refractivity contribution in [1.82, 2.24) is 0 Å². The smallest absolute Gasteiger partial charge is 0.186 e. The summed E-state index contributed by atoms with van der Waals surface area (Å²) in [6, 6.07) is 9.07. The van der Waals surface area contributed by atoms with Crippen molar-refractivity contribution in [3.63, 3.8) is 0 Å². The van der Waals surface area contributed by atoms with Crippen LogP contribution < -0.4 is 0 Å². The van der Waals surface area contributed by atoms with Crippen LogP contribution in [-0.2, 0) is 18.9 Å². The highest BCUT2D eigenvalue weighted by atomic mass is 16.8. The van der Waals surface area contributed by atoms with Crippen molar-refractivity contribution in [2.24, 2.45) is 0 Å². The van der Waals surface area contributed by atoms with Crippen LogP contribution in [-0.4, -0.2) is 77.1 Å². The van der Waals surface area contributed by atoms with Gasteiger partial charge in [-0.25, -0.2) is 0 Å². The summed E-state index contributed by atoms with van der Waals surface area (Å²) in [5.41, 5.74) is -1.45. The van der Waals surface area contributed by atoms with E-state index in [1.807, 2.05) is 18.2 Å². The lowest BCUT2D eigenvalue weighted by molar-refractivity contribution is -0.396. The van der Waals surface area contributed by atoms with E-state index < -0.39 is 49.2 Å². The van der Waals surface area contributed by atoms with Crippen LogP contribution in [0, 0.1) is 0 Å². The number of aliphatic hydroxyl groups excluding tert-OH is 3. The van der Waals surface area contributed by atoms with Crippen LogP contribution in [0.5, 0.6) is 0 Å². The van der Waals surface area contributed by atoms with Gasteiger partial charge in [0.1, 0.15) is 24.4 Å². The lowest BCUT2D eigenvalue weighted by Crippen LogP contribution is -2.74. The molecule has 0 spiro atoms. The Hall–Kier alpha value is -1.10. The summed E-state index contributed by atoms with van der Waals surface area (Å²) in [5.74, 6) is 0. The minimum absolute atomic E-state index is 0.0667. The standard InChI is InChI=1S/C16H22O8/c1-21-15-12(19)16(20,11(18)7-17)13-10(23-15)8-22-14(24-13)9-5-3-2-4-6-9/h2-6,10-15,17-20H,7-8H2,1H3/t10-,11-,12+,13-,14-,15+,16-/m1/s1. The van der Waals surface area contributed by atoms with E-state index in [2.05, 4.69) is 0 Å². The molecule has 0 unspecified atom stereocenters. The first kappa shape index (κ1) is 17.7. The second kappa shape index (κ2) is 7.03. The van der Waals surface area contributed by atoms with Gasteiger partial charge in [-0.15, -0.1) is 0 Å². The third-order valence-corrected chi connectivity index (χ3v) is 4.53. The number of benzene rings is 1. The molecule has 2 fully saturated rings. The molecule has 2 heterocycles. The minimum Gasteiger partial charge on any atom is -0.394 e. The normalized spacial score (nSPS) is 40.8. The SMILES string of the molecule is CO[C@H]1O[C@@H]2CO[C@@H](c3ccccc3)O[C@H]2[C@@](O)([C@H](O)CO)[C@H]1O. The molecule has 2 saturated heterocycles. The van der Waals surface area contributed by atoms with Crippen LogP contribution in [0.4, 0.5) is 0 Å². The van der Waals surface area contributed by atoms with Gasteiger partial charge in [-0.1, -0.05) is 30.3 Å². The summed E-state index contributed by atoms with van der Waals surface area (Å²) in [5, 5.41) is 40.8. The van der Waals surface area contributed by atoms with E-state index >= 15 is 0 Å². The highest BCUT2D eigenvalue weighted by molar-refractivity contribution is 5.17. The molecule has 1 aromatic rings. The molecule has 0 bridgehead atoms. The first-order valence-electron chi connectivity index (χ1n) is 7.72. The third-order valence-electron chi connectivity index (χ3n) is 4.53. The Morgan fingerprint density at radius 2 is 2.00 bits per heavy atom. The van der Waals surface area contributed by atoms with E-state index in [0.717, 1.165) is 5.56 Å². The fourth-order valence-corrected chi connectivity index (χ4v) is 3.18. The van der Waals surface area contributed by atoms with Crippen molar-refractivity contribution in [3.8, 4) is 0 Å². The van der Waals surface area contributed by atoms with Crippen molar-refractivity contribution >= 4 is 0 Å². The van der Waals surface area contributed by atoms with Crippen molar-refractivity contribution in [2.75, 3.05) is 20.3 Å². The first-order chi connectivity index (χ1) is 11.5. The lowest BCUT2D eigenvalue weighted by Gasteiger charge is -2.53. The Balaban J connectivity index is 1.90. The zero-order chi connectivity index (χ0) is 17.3. The Morgan fingerprint density at radius 1 is 1.29 bits per heavy atom. The maximum Gasteiger partial charge on any atom is 0.186 e.